The summed E-state index contributed by atoms with van der Waals surface area (Å²) >= 11 is 1.81. The zero-order valence-corrected chi connectivity index (χ0v) is 8.68. The Bertz CT molecular complexity index is 174. The number of hydrogen-bond acceptors (Lipinski definition) is 3. The second kappa shape index (κ2) is 5.34. The van der Waals surface area contributed by atoms with Gasteiger partial charge in [-0.2, -0.15) is 11.8 Å². The Hall–Kier alpha value is -0.420. The fourth-order valence-electron chi connectivity index (χ4n) is 0.978. The molecule has 5 heteroatoms. The first-order valence-corrected chi connectivity index (χ1v) is 5.63. The molecule has 4 nitrogen and oxygen atoms in total. The minimum atomic E-state index is -0.328. The second-order valence-corrected chi connectivity index (χ2v) is 4.10. The summed E-state index contributed by atoms with van der Waals surface area (Å²) < 4.78 is 5.06. The van der Waals surface area contributed by atoms with Crippen molar-refractivity contribution in [2.24, 2.45) is 5.73 Å². The lowest BCUT2D eigenvalue weighted by Gasteiger charge is -2.17. The summed E-state index contributed by atoms with van der Waals surface area (Å²) in [6, 6.07) is -0.328. The lowest BCUT2D eigenvalue weighted by atomic mass is 10.5. The molecule has 0 radical (unpaired) electrons. The highest BCUT2D eigenvalue weighted by atomic mass is 32.2. The van der Waals surface area contributed by atoms with Crippen LogP contribution in [0.4, 0.5) is 4.79 Å². The molecule has 0 aromatic heterocycles. The molecule has 1 atom stereocenters. The van der Waals surface area contributed by atoms with E-state index in [2.05, 4.69) is 0 Å². The molecular formula is C8H16N2O2S. The van der Waals surface area contributed by atoms with Gasteiger partial charge < -0.3 is 15.4 Å². The summed E-state index contributed by atoms with van der Waals surface area (Å²) in [5.74, 6) is 1.98. The SMILES string of the molecule is CCN(CCSCC1CO1)C(N)=O. The molecule has 0 spiro atoms. The Kier molecular flexibility index (Phi) is 4.38. The predicted molar refractivity (Wildman–Crippen MR) is 53.9 cm³/mol. The molecular weight excluding hydrogens is 188 g/mol. The average Bonchev–Trinajstić information content (AvgIpc) is 2.87. The van der Waals surface area contributed by atoms with Gasteiger partial charge in [-0.3, -0.25) is 0 Å². The number of urea groups is 1. The van der Waals surface area contributed by atoms with Gasteiger partial charge in [-0.25, -0.2) is 4.79 Å². The van der Waals surface area contributed by atoms with Crippen LogP contribution in [0.1, 0.15) is 6.92 Å². The van der Waals surface area contributed by atoms with Gasteiger partial charge in [0.15, 0.2) is 0 Å². The van der Waals surface area contributed by atoms with Crippen LogP contribution in [0.3, 0.4) is 0 Å². The third kappa shape index (κ3) is 4.38. The van der Waals surface area contributed by atoms with Crippen LogP contribution in [0.25, 0.3) is 0 Å². The van der Waals surface area contributed by atoms with Gasteiger partial charge in [-0.1, -0.05) is 0 Å². The van der Waals surface area contributed by atoms with E-state index in [9.17, 15) is 4.79 Å². The highest BCUT2D eigenvalue weighted by Gasteiger charge is 2.21. The summed E-state index contributed by atoms with van der Waals surface area (Å²) in [4.78, 5) is 12.4. The van der Waals surface area contributed by atoms with E-state index in [0.717, 1.165) is 24.7 Å². The number of carbonyl (C=O) groups is 1. The monoisotopic (exact) mass is 204 g/mol. The Morgan fingerprint density at radius 1 is 1.77 bits per heavy atom. The normalized spacial score (nSPS) is 19.9. The number of thioether (sulfide) groups is 1. The van der Waals surface area contributed by atoms with Crippen molar-refractivity contribution in [2.45, 2.75) is 13.0 Å². The molecule has 1 rings (SSSR count). The Labute approximate surface area is 82.8 Å². The van der Waals surface area contributed by atoms with Crippen molar-refractivity contribution in [3.05, 3.63) is 0 Å². The van der Waals surface area contributed by atoms with Crippen LogP contribution >= 0.6 is 11.8 Å². The Morgan fingerprint density at radius 2 is 2.46 bits per heavy atom. The van der Waals surface area contributed by atoms with Crippen LogP contribution in [0.5, 0.6) is 0 Å². The van der Waals surface area contributed by atoms with E-state index in [0.29, 0.717) is 12.6 Å². The highest BCUT2D eigenvalue weighted by Crippen LogP contribution is 2.15. The summed E-state index contributed by atoms with van der Waals surface area (Å²) in [6.07, 6.45) is 0.466. The Morgan fingerprint density at radius 3 is 2.92 bits per heavy atom. The number of carbonyl (C=O) groups excluding carboxylic acids is 1. The molecule has 76 valence electrons. The fraction of sp³-hybridized carbons (Fsp3) is 0.875. The molecule has 13 heavy (non-hydrogen) atoms. The van der Waals surface area contributed by atoms with Crippen LogP contribution in [0.2, 0.25) is 0 Å². The van der Waals surface area contributed by atoms with Gasteiger partial charge in [0.05, 0.1) is 12.7 Å². The van der Waals surface area contributed by atoms with Crippen LogP contribution in [0, 0.1) is 0 Å². The molecule has 1 heterocycles. The first kappa shape index (κ1) is 10.7. The summed E-state index contributed by atoms with van der Waals surface area (Å²) in [5, 5.41) is 0. The summed E-state index contributed by atoms with van der Waals surface area (Å²) in [5.41, 5.74) is 5.15. The van der Waals surface area contributed by atoms with Gasteiger partial charge in [-0.05, 0) is 6.92 Å². The van der Waals surface area contributed by atoms with E-state index in [1.165, 1.54) is 0 Å². The van der Waals surface area contributed by atoms with Crippen molar-refractivity contribution in [1.29, 1.82) is 0 Å². The van der Waals surface area contributed by atoms with E-state index < -0.39 is 0 Å². The van der Waals surface area contributed by atoms with Crippen molar-refractivity contribution in [2.75, 3.05) is 31.2 Å². The molecule has 1 aliphatic rings. The van der Waals surface area contributed by atoms with Gasteiger partial charge in [-0.15, -0.1) is 0 Å². The minimum Gasteiger partial charge on any atom is -0.372 e. The third-order valence-corrected chi connectivity index (χ3v) is 2.98. The van der Waals surface area contributed by atoms with Gasteiger partial charge in [0.1, 0.15) is 0 Å². The van der Waals surface area contributed by atoms with Gasteiger partial charge in [0.25, 0.3) is 0 Å². The van der Waals surface area contributed by atoms with E-state index >= 15 is 0 Å². The number of primary amides is 1. The van der Waals surface area contributed by atoms with Crippen LogP contribution in [0.15, 0.2) is 0 Å². The third-order valence-electron chi connectivity index (χ3n) is 1.91. The largest absolute Gasteiger partial charge is 0.372 e. The molecule has 1 unspecified atom stereocenters. The van der Waals surface area contributed by atoms with E-state index in [1.54, 1.807) is 4.90 Å². The van der Waals surface area contributed by atoms with Crippen LogP contribution in [-0.4, -0.2) is 48.2 Å². The molecule has 0 bridgehead atoms. The minimum absolute atomic E-state index is 0.328. The van der Waals surface area contributed by atoms with Gasteiger partial charge in [0.2, 0.25) is 0 Å². The number of nitrogens with zero attached hydrogens (tertiary/aromatic N) is 1. The maximum absolute atomic E-state index is 10.8. The number of epoxide rings is 1. The van der Waals surface area contributed by atoms with Crippen LogP contribution in [-0.2, 0) is 4.74 Å². The Balaban J connectivity index is 1.98. The van der Waals surface area contributed by atoms with E-state index in [4.69, 9.17) is 10.5 Å². The molecule has 1 saturated heterocycles. The number of rotatable bonds is 6. The standard InChI is InChI=1S/C8H16N2O2S/c1-2-10(8(9)11)3-4-13-6-7-5-12-7/h7H,2-6H2,1H3,(H2,9,11). The highest BCUT2D eigenvalue weighted by molar-refractivity contribution is 7.99. The first-order valence-electron chi connectivity index (χ1n) is 4.47. The second-order valence-electron chi connectivity index (χ2n) is 2.95. The molecule has 1 fully saturated rings. The van der Waals surface area contributed by atoms with Crippen molar-refractivity contribution < 1.29 is 9.53 Å². The molecule has 0 aromatic carbocycles. The van der Waals surface area contributed by atoms with Gasteiger partial charge in [0, 0.05) is 24.6 Å². The van der Waals surface area contributed by atoms with Crippen molar-refractivity contribution in [3.8, 4) is 0 Å². The van der Waals surface area contributed by atoms with Crippen molar-refractivity contribution in [1.82, 2.24) is 4.90 Å². The smallest absolute Gasteiger partial charge is 0.314 e. The molecule has 0 saturated carbocycles. The predicted octanol–water partition coefficient (Wildman–Crippen LogP) is 0.519. The summed E-state index contributed by atoms with van der Waals surface area (Å²) in [6.45, 7) is 4.26. The lowest BCUT2D eigenvalue weighted by Crippen LogP contribution is -2.37. The van der Waals surface area contributed by atoms with E-state index in [1.807, 2.05) is 18.7 Å². The molecule has 2 amide bonds. The fourth-order valence-corrected chi connectivity index (χ4v) is 1.95. The maximum atomic E-state index is 10.8. The van der Waals surface area contributed by atoms with Crippen molar-refractivity contribution >= 4 is 17.8 Å². The van der Waals surface area contributed by atoms with Crippen molar-refractivity contribution in [3.63, 3.8) is 0 Å². The summed E-state index contributed by atoms with van der Waals surface area (Å²) in [7, 11) is 0. The maximum Gasteiger partial charge on any atom is 0.314 e. The van der Waals surface area contributed by atoms with Crippen LogP contribution < -0.4 is 5.73 Å². The zero-order valence-electron chi connectivity index (χ0n) is 7.86. The average molecular weight is 204 g/mol. The van der Waals surface area contributed by atoms with E-state index in [-0.39, 0.29) is 6.03 Å². The molecule has 0 aromatic rings. The zero-order chi connectivity index (χ0) is 9.68. The molecule has 2 N–H and O–H groups in total. The van der Waals surface area contributed by atoms with Gasteiger partial charge >= 0.3 is 6.03 Å². The number of ether oxygens (including phenoxy) is 1. The topological polar surface area (TPSA) is 58.9 Å². The number of amides is 2. The number of hydrogen-bond donors (Lipinski definition) is 1. The number of nitrogens with two attached hydrogens (primary N) is 1. The molecule has 1 aliphatic heterocycles. The quantitative estimate of drug-likeness (QED) is 0.507. The lowest BCUT2D eigenvalue weighted by molar-refractivity contribution is 0.213. The first-order chi connectivity index (χ1) is 6.24. The molecule has 0 aliphatic carbocycles.